The van der Waals surface area contributed by atoms with E-state index in [2.05, 4.69) is 10.4 Å². The van der Waals surface area contributed by atoms with Crippen LogP contribution in [0.2, 0.25) is 0 Å². The van der Waals surface area contributed by atoms with E-state index >= 15 is 0 Å². The normalized spacial score (nSPS) is 15.4. The van der Waals surface area contributed by atoms with Crippen molar-refractivity contribution in [3.63, 3.8) is 0 Å². The van der Waals surface area contributed by atoms with Gasteiger partial charge >= 0.3 is 0 Å². The smallest absolute Gasteiger partial charge is 0.269 e. The topological polar surface area (TPSA) is 127 Å². The second-order valence-corrected chi connectivity index (χ2v) is 9.80. The van der Waals surface area contributed by atoms with Crippen molar-refractivity contribution in [2.45, 2.75) is 12.8 Å². The lowest BCUT2D eigenvalue weighted by Crippen LogP contribution is -2.40. The Kier molecular flexibility index (Phi) is 6.90. The van der Waals surface area contributed by atoms with E-state index in [0.717, 1.165) is 5.56 Å². The summed E-state index contributed by atoms with van der Waals surface area (Å²) in [6.45, 7) is 0.561. The number of hydrogen-bond donors (Lipinski definition) is 2. The third-order valence-electron chi connectivity index (χ3n) is 5.64. The van der Waals surface area contributed by atoms with E-state index in [0.29, 0.717) is 24.2 Å². The molecule has 10 heteroatoms. The van der Waals surface area contributed by atoms with Gasteiger partial charge in [-0.05, 0) is 48.7 Å². The Balaban J connectivity index is 1.35. The number of carbonyl (C=O) groups is 2. The predicted octanol–water partition coefficient (Wildman–Crippen LogP) is 2.62. The average molecular weight is 480 g/mol. The summed E-state index contributed by atoms with van der Waals surface area (Å²) in [6, 6.07) is 17.8. The summed E-state index contributed by atoms with van der Waals surface area (Å²) in [6.07, 6.45) is 4.06. The summed E-state index contributed by atoms with van der Waals surface area (Å²) in [4.78, 5) is 24.1. The lowest BCUT2D eigenvalue weighted by Gasteiger charge is -2.29. The van der Waals surface area contributed by atoms with Gasteiger partial charge in [0.15, 0.2) is 0 Å². The summed E-state index contributed by atoms with van der Waals surface area (Å²) in [5, 5.41) is 8.23. The van der Waals surface area contributed by atoms with Crippen molar-refractivity contribution in [1.82, 2.24) is 14.1 Å². The Hall–Kier alpha value is -3.76. The van der Waals surface area contributed by atoms with Gasteiger partial charge in [0, 0.05) is 36.3 Å². The summed E-state index contributed by atoms with van der Waals surface area (Å²) in [5.74, 6) is -1.07. The molecule has 176 valence electrons. The molecule has 0 spiro atoms. The van der Waals surface area contributed by atoms with Crippen LogP contribution in [0.4, 0.5) is 5.69 Å². The Bertz CT molecular complexity index is 1310. The number of primary amides is 1. The molecule has 1 saturated heterocycles. The minimum absolute atomic E-state index is 0.148. The number of rotatable bonds is 7. The molecule has 0 saturated carbocycles. The van der Waals surface area contributed by atoms with Crippen LogP contribution in [0.25, 0.3) is 11.8 Å². The number of nitrogens with one attached hydrogen (secondary N) is 1. The van der Waals surface area contributed by atoms with E-state index in [-0.39, 0.29) is 30.6 Å². The molecule has 4 rings (SSSR count). The van der Waals surface area contributed by atoms with Crippen LogP contribution in [0.5, 0.6) is 0 Å². The summed E-state index contributed by atoms with van der Waals surface area (Å²) in [7, 11) is -3.55. The fourth-order valence-electron chi connectivity index (χ4n) is 3.76. The first kappa shape index (κ1) is 23.4. The molecule has 34 heavy (non-hydrogen) atoms. The highest BCUT2D eigenvalue weighted by Crippen LogP contribution is 2.23. The van der Waals surface area contributed by atoms with Crippen LogP contribution in [0, 0.1) is 5.92 Å². The number of nitrogens with zero attached hydrogens (tertiary/aromatic N) is 3. The summed E-state index contributed by atoms with van der Waals surface area (Å²) < 4.78 is 28.2. The second-order valence-electron chi connectivity index (χ2n) is 7.98. The Labute approximate surface area is 197 Å². The van der Waals surface area contributed by atoms with Crippen LogP contribution in [-0.4, -0.2) is 47.4 Å². The van der Waals surface area contributed by atoms with E-state index in [4.69, 9.17) is 5.73 Å². The molecule has 2 heterocycles. The van der Waals surface area contributed by atoms with Crippen molar-refractivity contribution in [3.8, 4) is 5.69 Å². The predicted molar refractivity (Wildman–Crippen MR) is 129 cm³/mol. The monoisotopic (exact) mass is 479 g/mol. The number of benzene rings is 2. The van der Waals surface area contributed by atoms with Crippen molar-refractivity contribution in [3.05, 3.63) is 83.5 Å². The van der Waals surface area contributed by atoms with Crippen molar-refractivity contribution >= 4 is 33.6 Å². The molecule has 0 unspecified atom stereocenters. The van der Waals surface area contributed by atoms with Gasteiger partial charge in [-0.15, -0.1) is 0 Å². The highest BCUT2D eigenvalue weighted by molar-refractivity contribution is 7.92. The Morgan fingerprint density at radius 3 is 2.44 bits per heavy atom. The lowest BCUT2D eigenvalue weighted by atomic mass is 9.97. The third kappa shape index (κ3) is 5.59. The molecule has 1 aliphatic heterocycles. The SMILES string of the molecule is NC(=O)c1ccn(-c2cccc(NC(=O)C3CCN(S(=O)(=O)/C=C/c4ccccc4)CC3)c2)n1. The fourth-order valence-corrected chi connectivity index (χ4v) is 4.98. The molecule has 2 aromatic carbocycles. The highest BCUT2D eigenvalue weighted by Gasteiger charge is 2.30. The van der Waals surface area contributed by atoms with Crippen LogP contribution in [0.1, 0.15) is 28.9 Å². The molecule has 1 fully saturated rings. The van der Waals surface area contributed by atoms with Gasteiger partial charge in [-0.1, -0.05) is 36.4 Å². The summed E-state index contributed by atoms with van der Waals surface area (Å²) in [5.41, 5.74) is 7.45. The number of anilines is 1. The van der Waals surface area contributed by atoms with Crippen LogP contribution in [-0.2, 0) is 14.8 Å². The van der Waals surface area contributed by atoms with Crippen molar-refractivity contribution in [1.29, 1.82) is 0 Å². The maximum absolute atomic E-state index is 12.8. The quantitative estimate of drug-likeness (QED) is 0.538. The third-order valence-corrected chi connectivity index (χ3v) is 7.20. The fraction of sp³-hybridized carbons (Fsp3) is 0.208. The molecule has 1 aromatic heterocycles. The first-order chi connectivity index (χ1) is 16.3. The van der Waals surface area contributed by atoms with E-state index in [9.17, 15) is 18.0 Å². The number of amides is 2. The zero-order valence-corrected chi connectivity index (χ0v) is 19.2. The minimum Gasteiger partial charge on any atom is -0.364 e. The van der Waals surface area contributed by atoms with Gasteiger partial charge in [-0.25, -0.2) is 13.1 Å². The molecule has 1 aliphatic rings. The molecule has 0 atom stereocenters. The first-order valence-electron chi connectivity index (χ1n) is 10.8. The van der Waals surface area contributed by atoms with Crippen LogP contribution in [0.3, 0.4) is 0 Å². The minimum atomic E-state index is -3.55. The van der Waals surface area contributed by atoms with Gasteiger partial charge in [0.25, 0.3) is 5.91 Å². The molecule has 0 radical (unpaired) electrons. The van der Waals surface area contributed by atoms with Gasteiger partial charge < -0.3 is 11.1 Å². The average Bonchev–Trinajstić information content (AvgIpc) is 3.35. The molecule has 3 N–H and O–H groups in total. The lowest BCUT2D eigenvalue weighted by molar-refractivity contribution is -0.120. The first-order valence-corrected chi connectivity index (χ1v) is 12.3. The van der Waals surface area contributed by atoms with E-state index < -0.39 is 15.9 Å². The van der Waals surface area contributed by atoms with Gasteiger partial charge in [0.1, 0.15) is 5.69 Å². The highest BCUT2D eigenvalue weighted by atomic mass is 32.2. The number of aromatic nitrogens is 2. The number of nitrogens with two attached hydrogens (primary N) is 1. The van der Waals surface area contributed by atoms with Crippen molar-refractivity contribution in [2.24, 2.45) is 11.7 Å². The van der Waals surface area contributed by atoms with Gasteiger partial charge in [-0.2, -0.15) is 9.40 Å². The number of carbonyl (C=O) groups excluding carboxylic acids is 2. The molecular formula is C24H25N5O4S. The van der Waals surface area contributed by atoms with Crippen LogP contribution < -0.4 is 11.1 Å². The zero-order valence-electron chi connectivity index (χ0n) is 18.4. The van der Waals surface area contributed by atoms with Gasteiger partial charge in [0.05, 0.1) is 5.69 Å². The Morgan fingerprint density at radius 1 is 1.03 bits per heavy atom. The standard InChI is InChI=1S/C24H25N5O4S/c25-23(30)22-11-15-29(27-22)21-8-4-7-20(17-21)26-24(31)19-9-13-28(14-10-19)34(32,33)16-12-18-5-2-1-3-6-18/h1-8,11-12,15-17,19H,9-10,13-14H2,(H2,25,30)(H,26,31)/b16-12+. The van der Waals surface area contributed by atoms with Crippen LogP contribution in [0.15, 0.2) is 72.3 Å². The number of piperidine rings is 1. The van der Waals surface area contributed by atoms with Crippen LogP contribution >= 0.6 is 0 Å². The maximum Gasteiger partial charge on any atom is 0.269 e. The van der Waals surface area contributed by atoms with Crippen molar-refractivity contribution < 1.29 is 18.0 Å². The van der Waals surface area contributed by atoms with Gasteiger partial charge in [0.2, 0.25) is 15.9 Å². The molecular weight excluding hydrogens is 454 g/mol. The zero-order chi connectivity index (χ0) is 24.1. The molecule has 9 nitrogen and oxygen atoms in total. The second kappa shape index (κ2) is 10.0. The molecule has 2 amide bonds. The number of hydrogen-bond acceptors (Lipinski definition) is 5. The van der Waals surface area contributed by atoms with E-state index in [1.54, 1.807) is 36.5 Å². The van der Waals surface area contributed by atoms with Crippen molar-refractivity contribution in [2.75, 3.05) is 18.4 Å². The maximum atomic E-state index is 12.8. The van der Waals surface area contributed by atoms with Gasteiger partial charge in [-0.3, -0.25) is 9.59 Å². The molecule has 0 aliphatic carbocycles. The number of sulfonamides is 1. The summed E-state index contributed by atoms with van der Waals surface area (Å²) >= 11 is 0. The molecule has 0 bridgehead atoms. The molecule has 3 aromatic rings. The van der Waals surface area contributed by atoms with E-state index in [1.165, 1.54) is 20.5 Å². The largest absolute Gasteiger partial charge is 0.364 e. The Morgan fingerprint density at radius 2 is 1.76 bits per heavy atom. The van der Waals surface area contributed by atoms with E-state index in [1.807, 2.05) is 30.3 Å².